The van der Waals surface area contributed by atoms with Gasteiger partial charge in [0, 0.05) is 10.2 Å². The zero-order valence-electron chi connectivity index (χ0n) is 11.8. The van der Waals surface area contributed by atoms with Crippen LogP contribution >= 0.6 is 0 Å². The normalized spacial score (nSPS) is 11.1. The topological polar surface area (TPSA) is 97.8 Å². The lowest BCUT2D eigenvalue weighted by atomic mass is 10.3. The van der Waals surface area contributed by atoms with E-state index in [1.54, 1.807) is 27.7 Å². The third kappa shape index (κ3) is 31.3. The molecule has 17 heavy (non-hydrogen) atoms. The summed E-state index contributed by atoms with van der Waals surface area (Å²) in [6, 6.07) is 0. The molecule has 0 aromatic heterocycles. The molecule has 7 heteroatoms. The summed E-state index contributed by atoms with van der Waals surface area (Å²) in [5.74, 6) is 0. The summed E-state index contributed by atoms with van der Waals surface area (Å²) >= 11 is 0. The zero-order valence-corrected chi connectivity index (χ0v) is 13.8. The van der Waals surface area contributed by atoms with Crippen LogP contribution in [0.2, 0.25) is 5.54 Å². The summed E-state index contributed by atoms with van der Waals surface area (Å²) < 4.78 is 0. The summed E-state index contributed by atoms with van der Waals surface area (Å²) in [5, 5.41) is 32.2. The Kier molecular flexibility index (Phi) is 18.0. The van der Waals surface area contributed by atoms with E-state index in [1.165, 1.54) is 0 Å². The number of rotatable bonds is 1. The lowest BCUT2D eigenvalue weighted by Gasteiger charge is -1.96. The molecule has 0 saturated heterocycles. The molecule has 0 aliphatic carbocycles. The Balaban J connectivity index is -0.000000177. The summed E-state index contributed by atoms with van der Waals surface area (Å²) in [4.78, 5) is 0. The van der Waals surface area contributed by atoms with E-state index < -0.39 is 0 Å². The van der Waals surface area contributed by atoms with Gasteiger partial charge in [-0.2, -0.15) is 0 Å². The molecule has 1 unspecified atom stereocenters. The Labute approximate surface area is 106 Å². The number of nitrogens with zero attached hydrogens (tertiary/aromatic N) is 3. The molecule has 0 rings (SSSR count). The monoisotopic (exact) mass is 263 g/mol. The predicted octanol–water partition coefficient (Wildman–Crippen LogP) is 1.72. The fourth-order valence-electron chi connectivity index (χ4n) is 0.115. The SMILES string of the molecule is CC(=NO)C(C)[SiH3].CC(C)=NO.CC(C)=NO. The Hall–Kier alpha value is -1.37. The Morgan fingerprint density at radius 1 is 0.824 bits per heavy atom. The van der Waals surface area contributed by atoms with Gasteiger partial charge in [-0.1, -0.05) is 22.4 Å². The van der Waals surface area contributed by atoms with Crippen LogP contribution in [0.1, 0.15) is 41.5 Å². The van der Waals surface area contributed by atoms with E-state index in [2.05, 4.69) is 15.5 Å². The van der Waals surface area contributed by atoms with E-state index in [9.17, 15) is 0 Å². The highest BCUT2D eigenvalue weighted by Crippen LogP contribution is 1.96. The first-order valence-corrected chi connectivity index (χ1v) is 6.37. The van der Waals surface area contributed by atoms with Gasteiger partial charge >= 0.3 is 0 Å². The van der Waals surface area contributed by atoms with Crippen molar-refractivity contribution < 1.29 is 15.6 Å². The van der Waals surface area contributed by atoms with Crippen LogP contribution in [0.15, 0.2) is 15.5 Å². The van der Waals surface area contributed by atoms with Gasteiger partial charge in [0.25, 0.3) is 0 Å². The fraction of sp³-hybridized carbons (Fsp3) is 0.700. The second kappa shape index (κ2) is 14.6. The molecular formula is C10H25N3O3Si. The van der Waals surface area contributed by atoms with E-state index >= 15 is 0 Å². The molecule has 0 fully saturated rings. The van der Waals surface area contributed by atoms with Crippen molar-refractivity contribution in [3.8, 4) is 0 Å². The van der Waals surface area contributed by atoms with E-state index in [0.717, 1.165) is 16.0 Å². The van der Waals surface area contributed by atoms with Crippen molar-refractivity contribution in [3.05, 3.63) is 0 Å². The van der Waals surface area contributed by atoms with Gasteiger partial charge in [0.2, 0.25) is 0 Å². The van der Waals surface area contributed by atoms with Crippen LogP contribution in [0.4, 0.5) is 0 Å². The first-order valence-electron chi connectivity index (χ1n) is 5.21. The van der Waals surface area contributed by atoms with Gasteiger partial charge < -0.3 is 15.6 Å². The minimum atomic E-state index is 0.505. The minimum absolute atomic E-state index is 0.505. The molecular weight excluding hydrogens is 238 g/mol. The molecule has 3 N–H and O–H groups in total. The molecule has 0 aromatic rings. The molecule has 0 aliphatic heterocycles. The average molecular weight is 263 g/mol. The highest BCUT2D eigenvalue weighted by molar-refractivity contribution is 6.24. The molecule has 102 valence electrons. The Bertz CT molecular complexity index is 240. The lowest BCUT2D eigenvalue weighted by Crippen LogP contribution is -1.98. The lowest BCUT2D eigenvalue weighted by molar-refractivity contribution is 0.317. The largest absolute Gasteiger partial charge is 0.411 e. The number of hydrogen-bond donors (Lipinski definition) is 3. The smallest absolute Gasteiger partial charge is 0.0532 e. The maximum absolute atomic E-state index is 8.12. The number of hydrogen-bond acceptors (Lipinski definition) is 6. The van der Waals surface area contributed by atoms with E-state index in [0.29, 0.717) is 17.0 Å². The number of oxime groups is 3. The first kappa shape index (κ1) is 21.0. The molecule has 0 heterocycles. The Morgan fingerprint density at radius 3 is 1.06 bits per heavy atom. The van der Waals surface area contributed by atoms with Crippen molar-refractivity contribution >= 4 is 27.4 Å². The van der Waals surface area contributed by atoms with Crippen molar-refractivity contribution in [1.82, 2.24) is 0 Å². The first-order chi connectivity index (χ1) is 7.72. The fourth-order valence-corrected chi connectivity index (χ4v) is 0.231. The van der Waals surface area contributed by atoms with Crippen molar-refractivity contribution in [3.63, 3.8) is 0 Å². The van der Waals surface area contributed by atoms with Crippen molar-refractivity contribution in [1.29, 1.82) is 0 Å². The maximum atomic E-state index is 8.12. The van der Waals surface area contributed by atoms with Crippen molar-refractivity contribution in [2.75, 3.05) is 0 Å². The Morgan fingerprint density at radius 2 is 1.06 bits per heavy atom. The van der Waals surface area contributed by atoms with Crippen LogP contribution < -0.4 is 0 Å². The van der Waals surface area contributed by atoms with Gasteiger partial charge in [0.05, 0.1) is 17.1 Å². The molecule has 0 aliphatic rings. The molecule has 0 spiro atoms. The summed E-state index contributed by atoms with van der Waals surface area (Å²) in [6.07, 6.45) is 0. The van der Waals surface area contributed by atoms with Gasteiger partial charge in [-0.15, -0.1) is 0 Å². The molecule has 0 bridgehead atoms. The second-order valence-corrected chi connectivity index (χ2v) is 5.72. The van der Waals surface area contributed by atoms with Crippen molar-refractivity contribution in [2.45, 2.75) is 47.1 Å². The van der Waals surface area contributed by atoms with Crippen LogP contribution in [0, 0.1) is 0 Å². The second-order valence-electron chi connectivity index (χ2n) is 3.99. The van der Waals surface area contributed by atoms with E-state index in [-0.39, 0.29) is 0 Å². The van der Waals surface area contributed by atoms with Crippen LogP contribution in [0.5, 0.6) is 0 Å². The van der Waals surface area contributed by atoms with Gasteiger partial charge in [0.1, 0.15) is 0 Å². The zero-order chi connectivity index (χ0) is 14.4. The van der Waals surface area contributed by atoms with Crippen LogP contribution in [0.3, 0.4) is 0 Å². The standard InChI is InChI=1S/C4H11NOSi.2C3H7NO/c1-3(5-6)4(2)7;2*1-3(2)4-5/h4,6H,1-2,7H3;2*5H,1-2H3. The van der Waals surface area contributed by atoms with Crippen LogP contribution in [0.25, 0.3) is 0 Å². The predicted molar refractivity (Wildman–Crippen MR) is 75.4 cm³/mol. The maximum Gasteiger partial charge on any atom is 0.0532 e. The van der Waals surface area contributed by atoms with Gasteiger partial charge in [0.15, 0.2) is 0 Å². The van der Waals surface area contributed by atoms with E-state index in [1.807, 2.05) is 13.8 Å². The van der Waals surface area contributed by atoms with Crippen LogP contribution in [-0.4, -0.2) is 43.0 Å². The third-order valence-electron chi connectivity index (χ3n) is 1.39. The molecule has 1 atom stereocenters. The van der Waals surface area contributed by atoms with Crippen LogP contribution in [-0.2, 0) is 0 Å². The minimum Gasteiger partial charge on any atom is -0.411 e. The average Bonchev–Trinajstić information content (AvgIpc) is 2.29. The van der Waals surface area contributed by atoms with Gasteiger partial charge in [-0.25, -0.2) is 0 Å². The van der Waals surface area contributed by atoms with Crippen molar-refractivity contribution in [2.24, 2.45) is 15.5 Å². The molecule has 0 amide bonds. The summed E-state index contributed by atoms with van der Waals surface area (Å²) in [7, 11) is 1.07. The third-order valence-corrected chi connectivity index (χ3v) is 2.23. The molecule has 6 nitrogen and oxygen atoms in total. The van der Waals surface area contributed by atoms with Gasteiger partial charge in [-0.05, 0) is 40.2 Å². The van der Waals surface area contributed by atoms with E-state index in [4.69, 9.17) is 15.6 Å². The molecule has 0 radical (unpaired) electrons. The van der Waals surface area contributed by atoms with Gasteiger partial charge in [-0.3, -0.25) is 0 Å². The quantitative estimate of drug-likeness (QED) is 0.291. The highest BCUT2D eigenvalue weighted by Gasteiger charge is 1.94. The highest BCUT2D eigenvalue weighted by atomic mass is 28.1. The summed E-state index contributed by atoms with van der Waals surface area (Å²) in [6.45, 7) is 10.8. The summed E-state index contributed by atoms with van der Waals surface area (Å²) in [5.41, 5.74) is 2.71. The molecule has 0 saturated carbocycles. The molecule has 0 aromatic carbocycles.